The SMILES string of the molecule is O=C1CC2CN[C](=[Cr])C2=C1c1ccccc1. The van der Waals surface area contributed by atoms with Crippen molar-refractivity contribution in [1.82, 2.24) is 5.32 Å². The van der Waals surface area contributed by atoms with Crippen LogP contribution in [-0.2, 0) is 20.6 Å². The Bertz CT molecular complexity index is 504. The van der Waals surface area contributed by atoms with Crippen molar-refractivity contribution in [2.75, 3.05) is 6.54 Å². The molecule has 0 amide bonds. The first-order chi connectivity index (χ1) is 7.77. The minimum atomic E-state index is 0.278. The molecule has 1 aromatic carbocycles. The zero-order valence-corrected chi connectivity index (χ0v) is 9.97. The summed E-state index contributed by atoms with van der Waals surface area (Å²) in [4.78, 5) is 12.0. The fourth-order valence-electron chi connectivity index (χ4n) is 2.49. The van der Waals surface area contributed by atoms with E-state index in [1.807, 2.05) is 30.3 Å². The summed E-state index contributed by atoms with van der Waals surface area (Å²) < 4.78 is 1.05. The van der Waals surface area contributed by atoms with E-state index in [0.717, 1.165) is 22.2 Å². The van der Waals surface area contributed by atoms with Crippen LogP contribution in [0, 0.1) is 5.92 Å². The molecule has 1 aliphatic carbocycles. The Hall–Kier alpha value is -1.01. The van der Waals surface area contributed by atoms with Crippen molar-refractivity contribution in [1.29, 1.82) is 0 Å². The molecule has 16 heavy (non-hydrogen) atoms. The Morgan fingerprint density at radius 3 is 2.75 bits per heavy atom. The molecule has 3 rings (SSSR count). The van der Waals surface area contributed by atoms with Gasteiger partial charge in [0.25, 0.3) is 0 Å². The normalized spacial score (nSPS) is 24.1. The molecule has 0 aromatic heterocycles. The van der Waals surface area contributed by atoms with E-state index >= 15 is 0 Å². The van der Waals surface area contributed by atoms with E-state index in [9.17, 15) is 4.79 Å². The maximum absolute atomic E-state index is 12.0. The molecular weight excluding hydrogens is 238 g/mol. The number of fused-ring (bicyclic) bond motifs is 1. The van der Waals surface area contributed by atoms with E-state index in [-0.39, 0.29) is 5.78 Å². The predicted octanol–water partition coefficient (Wildman–Crippen LogP) is 1.31. The molecule has 1 aliphatic heterocycles. The fourth-order valence-corrected chi connectivity index (χ4v) is 3.04. The van der Waals surface area contributed by atoms with Gasteiger partial charge in [-0.1, -0.05) is 0 Å². The number of carbonyl (C=O) groups excluding carboxylic acids is 1. The van der Waals surface area contributed by atoms with Crippen LogP contribution in [0.2, 0.25) is 0 Å². The molecule has 0 spiro atoms. The number of rotatable bonds is 1. The van der Waals surface area contributed by atoms with Gasteiger partial charge in [-0.05, 0) is 0 Å². The topological polar surface area (TPSA) is 29.1 Å². The monoisotopic (exact) mass is 249 g/mol. The van der Waals surface area contributed by atoms with Crippen molar-refractivity contribution in [2.24, 2.45) is 5.92 Å². The molecule has 1 fully saturated rings. The fraction of sp³-hybridized carbons (Fsp3) is 0.231. The van der Waals surface area contributed by atoms with Gasteiger partial charge in [0.1, 0.15) is 0 Å². The van der Waals surface area contributed by atoms with Crippen LogP contribution >= 0.6 is 0 Å². The zero-order valence-electron chi connectivity index (χ0n) is 8.69. The maximum atomic E-state index is 12.0. The van der Waals surface area contributed by atoms with Crippen molar-refractivity contribution in [3.05, 3.63) is 41.5 Å². The Morgan fingerprint density at radius 1 is 1.25 bits per heavy atom. The molecule has 2 aliphatic rings. The van der Waals surface area contributed by atoms with Crippen molar-refractivity contribution in [2.45, 2.75) is 6.42 Å². The molecular formula is C13H11CrNO. The van der Waals surface area contributed by atoms with Crippen LogP contribution in [-0.4, -0.2) is 16.8 Å². The molecule has 1 heterocycles. The third-order valence-electron chi connectivity index (χ3n) is 3.20. The Labute approximate surface area is 102 Å². The third kappa shape index (κ3) is 1.44. The summed E-state index contributed by atoms with van der Waals surface area (Å²) in [5.74, 6) is 0.652. The zero-order chi connectivity index (χ0) is 11.1. The van der Waals surface area contributed by atoms with Crippen LogP contribution in [0.4, 0.5) is 0 Å². The van der Waals surface area contributed by atoms with Gasteiger partial charge in [0.15, 0.2) is 0 Å². The van der Waals surface area contributed by atoms with Crippen molar-refractivity contribution >= 4 is 15.9 Å². The van der Waals surface area contributed by atoms with Crippen molar-refractivity contribution < 1.29 is 20.6 Å². The molecule has 0 saturated carbocycles. The summed E-state index contributed by atoms with van der Waals surface area (Å²) >= 11 is 3.03. The third-order valence-corrected chi connectivity index (χ3v) is 3.77. The van der Waals surface area contributed by atoms with Crippen LogP contribution in [0.15, 0.2) is 35.9 Å². The second-order valence-corrected chi connectivity index (χ2v) is 4.83. The van der Waals surface area contributed by atoms with Gasteiger partial charge in [-0.2, -0.15) is 0 Å². The summed E-state index contributed by atoms with van der Waals surface area (Å²) in [7, 11) is 0. The van der Waals surface area contributed by atoms with Gasteiger partial charge in [-0.25, -0.2) is 0 Å². The van der Waals surface area contributed by atoms with Crippen molar-refractivity contribution in [3.8, 4) is 0 Å². The summed E-state index contributed by atoms with van der Waals surface area (Å²) in [6, 6.07) is 9.94. The van der Waals surface area contributed by atoms with E-state index in [0.29, 0.717) is 12.3 Å². The van der Waals surface area contributed by atoms with Gasteiger partial charge in [0.05, 0.1) is 0 Å². The van der Waals surface area contributed by atoms with Gasteiger partial charge in [0.2, 0.25) is 0 Å². The quantitative estimate of drug-likeness (QED) is 0.813. The molecule has 1 aromatic rings. The molecule has 2 nitrogen and oxygen atoms in total. The molecule has 3 heteroatoms. The summed E-state index contributed by atoms with van der Waals surface area (Å²) in [6.07, 6.45) is 0.651. The first-order valence-electron chi connectivity index (χ1n) is 5.38. The molecule has 1 atom stereocenters. The van der Waals surface area contributed by atoms with E-state index in [1.165, 1.54) is 5.57 Å². The van der Waals surface area contributed by atoms with Crippen LogP contribution < -0.4 is 5.32 Å². The van der Waals surface area contributed by atoms with Crippen LogP contribution in [0.25, 0.3) is 5.57 Å². The number of Topliss-reactive ketones (excluding diaryl/α,β-unsaturated/α-hetero) is 1. The van der Waals surface area contributed by atoms with E-state index < -0.39 is 0 Å². The van der Waals surface area contributed by atoms with Gasteiger partial charge in [-0.3, -0.25) is 0 Å². The van der Waals surface area contributed by atoms with Crippen LogP contribution in [0.5, 0.6) is 0 Å². The number of carbonyl (C=O) groups is 1. The first-order valence-corrected chi connectivity index (χ1v) is 6.02. The second kappa shape index (κ2) is 3.78. The molecule has 0 radical (unpaired) electrons. The second-order valence-electron chi connectivity index (χ2n) is 4.19. The van der Waals surface area contributed by atoms with Crippen molar-refractivity contribution in [3.63, 3.8) is 0 Å². The summed E-state index contributed by atoms with van der Waals surface area (Å²) in [5.41, 5.74) is 3.14. The molecule has 80 valence electrons. The van der Waals surface area contributed by atoms with Gasteiger partial charge in [0, 0.05) is 0 Å². The number of hydrogen-bond donors (Lipinski definition) is 1. The average molecular weight is 249 g/mol. The standard InChI is InChI=1S/C13H11NO.Cr/c15-12-6-10-7-14-8-11(10)13(12)9-4-2-1-3-5-9;/h1-5,10,14H,6-7H2;. The van der Waals surface area contributed by atoms with E-state index in [1.54, 1.807) is 0 Å². The van der Waals surface area contributed by atoms with Crippen LogP contribution in [0.1, 0.15) is 12.0 Å². The molecule has 1 N–H and O–H groups in total. The predicted molar refractivity (Wildman–Crippen MR) is 59.5 cm³/mol. The Morgan fingerprint density at radius 2 is 2.00 bits per heavy atom. The molecule has 0 bridgehead atoms. The number of benzene rings is 1. The number of ketones is 1. The Balaban J connectivity index is 2.18. The summed E-state index contributed by atoms with van der Waals surface area (Å²) in [6.45, 7) is 0.889. The first kappa shape index (κ1) is 10.2. The van der Waals surface area contributed by atoms with E-state index in [4.69, 9.17) is 0 Å². The molecule has 1 unspecified atom stereocenters. The minimum absolute atomic E-state index is 0.278. The number of nitrogens with one attached hydrogen (secondary N) is 1. The van der Waals surface area contributed by atoms with Crippen LogP contribution in [0.3, 0.4) is 0 Å². The summed E-state index contributed by atoms with van der Waals surface area (Å²) in [5, 5.41) is 3.29. The number of hydrogen-bond acceptors (Lipinski definition) is 2. The van der Waals surface area contributed by atoms with Gasteiger partial charge < -0.3 is 0 Å². The molecule has 1 saturated heterocycles. The average Bonchev–Trinajstić information content (AvgIpc) is 2.80. The number of allylic oxidation sites excluding steroid dienone is 1. The Kier molecular flexibility index (Phi) is 2.40. The van der Waals surface area contributed by atoms with Gasteiger partial charge >= 0.3 is 102 Å². The van der Waals surface area contributed by atoms with Gasteiger partial charge in [-0.15, -0.1) is 0 Å². The van der Waals surface area contributed by atoms with E-state index in [2.05, 4.69) is 21.2 Å².